The van der Waals surface area contributed by atoms with Gasteiger partial charge in [-0.25, -0.2) is 4.98 Å². The molecule has 1 N–H and O–H groups in total. The van der Waals surface area contributed by atoms with Gasteiger partial charge in [-0.15, -0.1) is 0 Å². The van der Waals surface area contributed by atoms with E-state index >= 15 is 0 Å². The Balaban J connectivity index is 1.52. The number of aryl methyl sites for hydroxylation is 1. The number of nitrogens with one attached hydrogen (secondary N) is 1. The molecule has 2 saturated heterocycles. The number of nitrogens with zero attached hydrogens (tertiary/aromatic N) is 4. The maximum atomic E-state index is 12.5. The van der Waals surface area contributed by atoms with Gasteiger partial charge in [-0.3, -0.25) is 9.69 Å². The molecular formula is C17H26F3N5O. The summed E-state index contributed by atoms with van der Waals surface area (Å²) in [6, 6.07) is 0.464. The number of alkyl halides is 3. The molecule has 3 rings (SSSR count). The summed E-state index contributed by atoms with van der Waals surface area (Å²) in [5.41, 5.74) is -0.103. The molecule has 1 aromatic rings. The first-order valence-corrected chi connectivity index (χ1v) is 9.13. The van der Waals surface area contributed by atoms with Gasteiger partial charge in [-0.1, -0.05) is 0 Å². The van der Waals surface area contributed by atoms with E-state index in [4.69, 9.17) is 0 Å². The fraction of sp³-hybridized carbons (Fsp3) is 0.765. The molecular weight excluding hydrogens is 347 g/mol. The number of anilines is 1. The van der Waals surface area contributed by atoms with Crippen molar-refractivity contribution in [1.29, 1.82) is 0 Å². The van der Waals surface area contributed by atoms with E-state index in [1.807, 2.05) is 4.90 Å². The highest BCUT2D eigenvalue weighted by Gasteiger charge is 2.33. The van der Waals surface area contributed by atoms with E-state index in [0.717, 1.165) is 32.2 Å². The second-order valence-electron chi connectivity index (χ2n) is 7.28. The Labute approximate surface area is 151 Å². The first-order valence-electron chi connectivity index (χ1n) is 9.13. The van der Waals surface area contributed by atoms with Gasteiger partial charge in [-0.05, 0) is 38.8 Å². The Kier molecular flexibility index (Phi) is 5.86. The monoisotopic (exact) mass is 373 g/mol. The summed E-state index contributed by atoms with van der Waals surface area (Å²) in [7, 11) is 1.71. The van der Waals surface area contributed by atoms with Gasteiger partial charge in [0.25, 0.3) is 5.56 Å². The van der Waals surface area contributed by atoms with Crippen molar-refractivity contribution < 1.29 is 13.2 Å². The summed E-state index contributed by atoms with van der Waals surface area (Å²) < 4.78 is 39.0. The molecule has 0 aliphatic carbocycles. The largest absolute Gasteiger partial charge is 0.401 e. The van der Waals surface area contributed by atoms with Gasteiger partial charge in [-0.2, -0.15) is 13.2 Å². The van der Waals surface area contributed by atoms with Gasteiger partial charge in [0, 0.05) is 44.6 Å². The van der Waals surface area contributed by atoms with Crippen LogP contribution in [0.15, 0.2) is 17.2 Å². The zero-order valence-corrected chi connectivity index (χ0v) is 15.0. The molecule has 26 heavy (non-hydrogen) atoms. The molecule has 3 heterocycles. The van der Waals surface area contributed by atoms with Crippen LogP contribution in [0.3, 0.4) is 0 Å². The highest BCUT2D eigenvalue weighted by Crippen LogP contribution is 2.21. The first kappa shape index (κ1) is 19.2. The van der Waals surface area contributed by atoms with Gasteiger partial charge in [0.15, 0.2) is 5.82 Å². The smallest absolute Gasteiger partial charge is 0.350 e. The second kappa shape index (κ2) is 7.96. The number of hydrogen-bond donors (Lipinski definition) is 1. The molecule has 9 heteroatoms. The van der Waals surface area contributed by atoms with E-state index in [1.165, 1.54) is 9.47 Å². The Morgan fingerprint density at radius 2 is 1.92 bits per heavy atom. The lowest BCUT2D eigenvalue weighted by Crippen LogP contribution is -2.53. The van der Waals surface area contributed by atoms with Crippen molar-refractivity contribution in [1.82, 2.24) is 19.8 Å². The van der Waals surface area contributed by atoms with Crippen molar-refractivity contribution in [3.63, 3.8) is 0 Å². The van der Waals surface area contributed by atoms with Crippen molar-refractivity contribution in [2.75, 3.05) is 37.6 Å². The van der Waals surface area contributed by atoms with Crippen LogP contribution < -0.4 is 15.8 Å². The first-order chi connectivity index (χ1) is 12.3. The Bertz CT molecular complexity index is 655. The van der Waals surface area contributed by atoms with E-state index < -0.39 is 12.7 Å². The van der Waals surface area contributed by atoms with Crippen LogP contribution in [0.2, 0.25) is 0 Å². The van der Waals surface area contributed by atoms with E-state index in [9.17, 15) is 18.0 Å². The van der Waals surface area contributed by atoms with Crippen LogP contribution in [0.5, 0.6) is 0 Å². The number of aromatic nitrogens is 2. The topological polar surface area (TPSA) is 53.4 Å². The van der Waals surface area contributed by atoms with E-state index in [0.29, 0.717) is 25.5 Å². The summed E-state index contributed by atoms with van der Waals surface area (Å²) >= 11 is 0. The fourth-order valence-corrected chi connectivity index (χ4v) is 3.85. The van der Waals surface area contributed by atoms with Crippen molar-refractivity contribution >= 4 is 5.82 Å². The lowest BCUT2D eigenvalue weighted by atomic mass is 10.00. The molecule has 0 radical (unpaired) electrons. The molecule has 1 atom stereocenters. The quantitative estimate of drug-likeness (QED) is 0.864. The minimum Gasteiger partial charge on any atom is -0.350 e. The standard InChI is InChI=1S/C17H26F3N5O/c1-23-10-6-21-15(16(23)26)25-7-2-3-14(11-25)22-13-4-8-24(9-5-13)12-17(18,19)20/h6,10,13-14,22H,2-5,7-9,11-12H2,1H3/t14-/m0/s1. The third kappa shape index (κ3) is 4.97. The van der Waals surface area contributed by atoms with Crippen molar-refractivity contribution in [2.24, 2.45) is 7.05 Å². The molecule has 0 saturated carbocycles. The van der Waals surface area contributed by atoms with Gasteiger partial charge < -0.3 is 14.8 Å². The number of rotatable bonds is 4. The minimum absolute atomic E-state index is 0.103. The van der Waals surface area contributed by atoms with Crippen LogP contribution in [-0.2, 0) is 7.05 Å². The van der Waals surface area contributed by atoms with Gasteiger partial charge >= 0.3 is 6.18 Å². The summed E-state index contributed by atoms with van der Waals surface area (Å²) in [6.45, 7) is 1.62. The minimum atomic E-state index is -4.13. The third-order valence-electron chi connectivity index (χ3n) is 5.18. The summed E-state index contributed by atoms with van der Waals surface area (Å²) in [4.78, 5) is 20.0. The zero-order chi connectivity index (χ0) is 18.7. The molecule has 146 valence electrons. The van der Waals surface area contributed by atoms with Crippen LogP contribution in [0.25, 0.3) is 0 Å². The number of halogens is 3. The second-order valence-corrected chi connectivity index (χ2v) is 7.28. The molecule has 0 unspecified atom stereocenters. The van der Waals surface area contributed by atoms with E-state index in [2.05, 4.69) is 10.3 Å². The van der Waals surface area contributed by atoms with Crippen LogP contribution in [0.1, 0.15) is 25.7 Å². The molecule has 2 fully saturated rings. The van der Waals surface area contributed by atoms with Crippen molar-refractivity contribution in [2.45, 2.75) is 43.9 Å². The fourth-order valence-electron chi connectivity index (χ4n) is 3.85. The van der Waals surface area contributed by atoms with Crippen LogP contribution in [0.4, 0.5) is 19.0 Å². The number of piperidine rings is 2. The molecule has 2 aliphatic heterocycles. The van der Waals surface area contributed by atoms with Crippen molar-refractivity contribution in [3.05, 3.63) is 22.7 Å². The molecule has 0 spiro atoms. The average Bonchev–Trinajstić information content (AvgIpc) is 2.58. The molecule has 0 amide bonds. The normalized spacial score (nSPS) is 23.4. The summed E-state index contributed by atoms with van der Waals surface area (Å²) in [6.07, 6.45) is 2.55. The summed E-state index contributed by atoms with van der Waals surface area (Å²) in [5, 5.41) is 3.59. The zero-order valence-electron chi connectivity index (χ0n) is 15.0. The third-order valence-corrected chi connectivity index (χ3v) is 5.18. The highest BCUT2D eigenvalue weighted by atomic mass is 19.4. The van der Waals surface area contributed by atoms with Crippen LogP contribution in [-0.4, -0.2) is 65.4 Å². The predicted molar refractivity (Wildman–Crippen MR) is 93.4 cm³/mol. The van der Waals surface area contributed by atoms with Gasteiger partial charge in [0.1, 0.15) is 0 Å². The Morgan fingerprint density at radius 3 is 2.62 bits per heavy atom. The van der Waals surface area contributed by atoms with Crippen LogP contribution >= 0.6 is 0 Å². The van der Waals surface area contributed by atoms with Crippen molar-refractivity contribution in [3.8, 4) is 0 Å². The maximum absolute atomic E-state index is 12.5. The Hall–Kier alpha value is -1.61. The van der Waals surface area contributed by atoms with E-state index in [1.54, 1.807) is 19.4 Å². The summed E-state index contributed by atoms with van der Waals surface area (Å²) in [5.74, 6) is 0.474. The van der Waals surface area contributed by atoms with Crippen LogP contribution in [0, 0.1) is 0 Å². The molecule has 2 aliphatic rings. The molecule has 0 bridgehead atoms. The highest BCUT2D eigenvalue weighted by molar-refractivity contribution is 5.36. The average molecular weight is 373 g/mol. The number of likely N-dealkylation sites (tertiary alicyclic amines) is 1. The van der Waals surface area contributed by atoms with Gasteiger partial charge in [0.2, 0.25) is 0 Å². The lowest BCUT2D eigenvalue weighted by molar-refractivity contribution is -0.148. The predicted octanol–water partition coefficient (Wildman–Crippen LogP) is 1.37. The molecule has 1 aromatic heterocycles. The SMILES string of the molecule is Cn1ccnc(N2CCC[C@H](NC3CCN(CC(F)(F)F)CC3)C2)c1=O. The molecule has 6 nitrogen and oxygen atoms in total. The lowest BCUT2D eigenvalue weighted by Gasteiger charge is -2.38. The van der Waals surface area contributed by atoms with E-state index in [-0.39, 0.29) is 17.6 Å². The maximum Gasteiger partial charge on any atom is 0.401 e. The number of hydrogen-bond acceptors (Lipinski definition) is 5. The molecule has 0 aromatic carbocycles. The van der Waals surface area contributed by atoms with Gasteiger partial charge in [0.05, 0.1) is 6.54 Å². The Morgan fingerprint density at radius 1 is 1.19 bits per heavy atom.